The molecule has 1 aliphatic carbocycles. The van der Waals surface area contributed by atoms with Crippen molar-refractivity contribution in [1.82, 2.24) is 15.0 Å². The fraction of sp³-hybridized carbons (Fsp3) is 0.147. The van der Waals surface area contributed by atoms with Gasteiger partial charge in [0.2, 0.25) is 5.71 Å². The molecule has 199 valence electrons. The summed E-state index contributed by atoms with van der Waals surface area (Å²) in [5.74, 6) is 0. The Balaban J connectivity index is 0.000000213. The molecule has 0 saturated carbocycles. The summed E-state index contributed by atoms with van der Waals surface area (Å²) in [5, 5.41) is 1.68. The summed E-state index contributed by atoms with van der Waals surface area (Å²) in [6, 6.07) is 31.4. The maximum absolute atomic E-state index is 7.61. The summed E-state index contributed by atoms with van der Waals surface area (Å²) >= 11 is 1.86. The standard InChI is InChI=1S/C23H17N2OS.C11H8N.Ir/c1-13-9-10-15-14-6-4-7-16(22(14)26-23(15)24-13)18-11-12-20-21(25-18)17-5-2-3-8-19(17)27-20;1-2-6-10(7-3-1)11-8-4-5-9-12-11;/h4,6,9-12H,2-3,5,8H2,1H3;1-6,8-9H;/q2*-1;/i1D3;;. The molecule has 0 atom stereocenters. The van der Waals surface area contributed by atoms with E-state index in [2.05, 4.69) is 28.2 Å². The number of hydrogen-bond acceptors (Lipinski definition) is 5. The molecule has 1 radical (unpaired) electrons. The molecule has 0 saturated heterocycles. The monoisotopic (exact) mass is 719 g/mol. The van der Waals surface area contributed by atoms with Gasteiger partial charge in [0.25, 0.3) is 0 Å². The van der Waals surface area contributed by atoms with Gasteiger partial charge in [0.05, 0.1) is 15.8 Å². The molecule has 6 heteroatoms. The molecule has 0 unspecified atom stereocenters. The van der Waals surface area contributed by atoms with Crippen molar-refractivity contribution in [2.24, 2.45) is 0 Å². The first kappa shape index (κ1) is 23.0. The van der Waals surface area contributed by atoms with Crippen molar-refractivity contribution in [3.63, 3.8) is 0 Å². The molecule has 8 rings (SSSR count). The van der Waals surface area contributed by atoms with E-state index < -0.39 is 6.85 Å². The summed E-state index contributed by atoms with van der Waals surface area (Å²) in [6.45, 7) is -2.27. The van der Waals surface area contributed by atoms with Crippen molar-refractivity contribution in [3.05, 3.63) is 113 Å². The number of fused-ring (bicyclic) bond motifs is 6. The fourth-order valence-electron chi connectivity index (χ4n) is 5.14. The molecule has 0 amide bonds. The molecule has 0 bridgehead atoms. The van der Waals surface area contributed by atoms with Gasteiger partial charge < -0.3 is 9.40 Å². The van der Waals surface area contributed by atoms with Crippen LogP contribution in [-0.4, -0.2) is 15.0 Å². The summed E-state index contributed by atoms with van der Waals surface area (Å²) in [4.78, 5) is 14.9. The van der Waals surface area contributed by atoms with E-state index in [9.17, 15) is 0 Å². The Morgan fingerprint density at radius 3 is 2.62 bits per heavy atom. The van der Waals surface area contributed by atoms with Gasteiger partial charge in [-0.1, -0.05) is 29.1 Å². The number of thiophene rings is 1. The molecule has 5 aromatic heterocycles. The average molecular weight is 719 g/mol. The van der Waals surface area contributed by atoms with Gasteiger partial charge in [0.15, 0.2) is 0 Å². The predicted octanol–water partition coefficient (Wildman–Crippen LogP) is 8.79. The van der Waals surface area contributed by atoms with E-state index in [-0.39, 0.29) is 25.8 Å². The molecule has 0 aliphatic heterocycles. The Hall–Kier alpha value is -3.70. The number of benzene rings is 2. The van der Waals surface area contributed by atoms with Crippen molar-refractivity contribution in [3.8, 4) is 22.5 Å². The van der Waals surface area contributed by atoms with E-state index in [1.165, 1.54) is 28.0 Å². The zero-order valence-corrected chi connectivity index (χ0v) is 24.6. The smallest absolute Gasteiger partial charge is 0.216 e. The van der Waals surface area contributed by atoms with Crippen LogP contribution in [-0.2, 0) is 32.9 Å². The number of hydrogen-bond donors (Lipinski definition) is 0. The van der Waals surface area contributed by atoms with Crippen molar-refractivity contribution in [1.29, 1.82) is 0 Å². The first-order chi connectivity index (χ1) is 20.5. The van der Waals surface area contributed by atoms with Crippen LogP contribution in [0.2, 0.25) is 0 Å². The van der Waals surface area contributed by atoms with Crippen molar-refractivity contribution < 1.29 is 28.6 Å². The van der Waals surface area contributed by atoms with Gasteiger partial charge in [-0.15, -0.1) is 65.4 Å². The summed E-state index contributed by atoms with van der Waals surface area (Å²) < 4.78 is 30.1. The van der Waals surface area contributed by atoms with Gasteiger partial charge in [-0.05, 0) is 73.8 Å². The molecular formula is C34H25IrN3OS-2. The van der Waals surface area contributed by atoms with Gasteiger partial charge in [0.1, 0.15) is 0 Å². The van der Waals surface area contributed by atoms with E-state index >= 15 is 0 Å². The Kier molecular flexibility index (Phi) is 6.58. The fourth-order valence-corrected chi connectivity index (χ4v) is 6.38. The Labute approximate surface area is 254 Å². The van der Waals surface area contributed by atoms with Crippen molar-refractivity contribution in [2.75, 3.05) is 0 Å². The summed E-state index contributed by atoms with van der Waals surface area (Å²) in [7, 11) is 0. The first-order valence-corrected chi connectivity index (χ1v) is 13.8. The van der Waals surface area contributed by atoms with E-state index in [1.807, 2.05) is 72.0 Å². The number of aryl methyl sites for hydroxylation is 3. The molecule has 0 spiro atoms. The number of rotatable bonds is 2. The third-order valence-electron chi connectivity index (χ3n) is 7.00. The van der Waals surface area contributed by atoms with E-state index in [1.54, 1.807) is 18.3 Å². The van der Waals surface area contributed by atoms with Crippen LogP contribution in [0.5, 0.6) is 0 Å². The Bertz CT molecular complexity index is 2000. The average Bonchev–Trinajstić information content (AvgIpc) is 3.59. The van der Waals surface area contributed by atoms with Gasteiger partial charge in [-0.3, -0.25) is 4.98 Å². The number of furan rings is 1. The van der Waals surface area contributed by atoms with Crippen LogP contribution in [0.25, 0.3) is 54.8 Å². The van der Waals surface area contributed by atoms with Gasteiger partial charge in [-0.2, -0.15) is 0 Å². The minimum atomic E-state index is -2.27. The SMILES string of the molecule is [2H]C([2H])([2H])c1ccc2c(n1)oc1c(-c3ccc4sc5c(c4n3)CCCC5)[c-]ccc12.[Ir].[c-]1ccccc1-c1ccccn1. The summed E-state index contributed by atoms with van der Waals surface area (Å²) in [5.41, 5.74) is 7.08. The zero-order chi connectivity index (χ0) is 28.7. The molecule has 4 nitrogen and oxygen atoms in total. The number of nitrogens with zero attached hydrogens (tertiary/aromatic N) is 3. The van der Waals surface area contributed by atoms with E-state index in [4.69, 9.17) is 13.5 Å². The maximum atomic E-state index is 7.61. The minimum absolute atomic E-state index is 0. The quantitative estimate of drug-likeness (QED) is 0.168. The Morgan fingerprint density at radius 2 is 1.77 bits per heavy atom. The van der Waals surface area contributed by atoms with Crippen LogP contribution in [0.3, 0.4) is 0 Å². The van der Waals surface area contributed by atoms with E-state index in [0.29, 0.717) is 11.3 Å². The van der Waals surface area contributed by atoms with Crippen LogP contribution in [0, 0.1) is 19.0 Å². The van der Waals surface area contributed by atoms with Gasteiger partial charge in [-0.25, -0.2) is 4.98 Å². The minimum Gasteiger partial charge on any atom is -0.486 e. The first-order valence-electron chi connectivity index (χ1n) is 14.5. The molecular weight excluding hydrogens is 691 g/mol. The second kappa shape index (κ2) is 11.4. The topological polar surface area (TPSA) is 51.8 Å². The van der Waals surface area contributed by atoms with Crippen LogP contribution in [0.1, 0.15) is 33.1 Å². The third kappa shape index (κ3) is 4.99. The Morgan fingerprint density at radius 1 is 0.850 bits per heavy atom. The van der Waals surface area contributed by atoms with Crippen LogP contribution in [0.4, 0.5) is 0 Å². The van der Waals surface area contributed by atoms with Gasteiger partial charge >= 0.3 is 0 Å². The zero-order valence-electron chi connectivity index (χ0n) is 24.4. The molecule has 7 aromatic rings. The third-order valence-corrected chi connectivity index (χ3v) is 8.25. The second-order valence-electron chi connectivity index (χ2n) is 9.49. The molecule has 1 aliphatic rings. The number of aromatic nitrogens is 3. The summed E-state index contributed by atoms with van der Waals surface area (Å²) in [6.07, 6.45) is 6.49. The van der Waals surface area contributed by atoms with E-state index in [0.717, 1.165) is 51.6 Å². The molecule has 5 heterocycles. The molecule has 2 aromatic carbocycles. The molecule has 40 heavy (non-hydrogen) atoms. The second-order valence-corrected chi connectivity index (χ2v) is 10.6. The van der Waals surface area contributed by atoms with Crippen molar-refractivity contribution in [2.45, 2.75) is 32.5 Å². The van der Waals surface area contributed by atoms with Crippen LogP contribution < -0.4 is 0 Å². The van der Waals surface area contributed by atoms with Crippen LogP contribution in [0.15, 0.2) is 89.5 Å². The molecule has 0 N–H and O–H groups in total. The van der Waals surface area contributed by atoms with Gasteiger partial charge in [0, 0.05) is 46.4 Å². The maximum Gasteiger partial charge on any atom is 0.216 e. The largest absolute Gasteiger partial charge is 0.486 e. The normalized spacial score (nSPS) is 13.9. The predicted molar refractivity (Wildman–Crippen MR) is 159 cm³/mol. The number of pyridine rings is 3. The van der Waals surface area contributed by atoms with Crippen LogP contribution >= 0.6 is 11.3 Å². The van der Waals surface area contributed by atoms with Crippen molar-refractivity contribution >= 4 is 43.6 Å². The molecule has 0 fully saturated rings.